The minimum Gasteiger partial charge on any atom is -0.464 e. The highest BCUT2D eigenvalue weighted by Crippen LogP contribution is 2.37. The molecule has 3 aromatic rings. The molecule has 2 aromatic heterocycles. The molecule has 0 aliphatic carbocycles. The van der Waals surface area contributed by atoms with Crippen molar-refractivity contribution in [2.45, 2.75) is 45.4 Å². The van der Waals surface area contributed by atoms with Crippen LogP contribution in [0.2, 0.25) is 0 Å². The molecule has 0 N–H and O–H groups in total. The third kappa shape index (κ3) is 4.47. The van der Waals surface area contributed by atoms with Crippen molar-refractivity contribution in [2.24, 2.45) is 0 Å². The first kappa shape index (κ1) is 23.7. The predicted octanol–water partition coefficient (Wildman–Crippen LogP) is 4.81. The summed E-state index contributed by atoms with van der Waals surface area (Å²) in [7, 11) is 1.32. The molecule has 0 bridgehead atoms. The first-order valence-electron chi connectivity index (χ1n) is 11.5. The highest BCUT2D eigenvalue weighted by atomic mass is 19.1. The van der Waals surface area contributed by atoms with Crippen LogP contribution in [-0.2, 0) is 9.47 Å². The molecule has 0 saturated carbocycles. The molecule has 1 aliphatic rings. The Morgan fingerprint density at radius 1 is 1.18 bits per heavy atom. The van der Waals surface area contributed by atoms with E-state index in [1.165, 1.54) is 19.2 Å². The number of methoxy groups -OCH3 is 1. The fourth-order valence-corrected chi connectivity index (χ4v) is 4.46. The number of likely N-dealkylation sites (tertiary alicyclic amines) is 1. The van der Waals surface area contributed by atoms with E-state index < -0.39 is 5.97 Å². The second-order valence-corrected chi connectivity index (χ2v) is 8.68. The van der Waals surface area contributed by atoms with Gasteiger partial charge in [0.15, 0.2) is 11.3 Å². The molecular formula is C25H29FN4O4. The standard InChI is InChI=1S/C25H29FN4O4/c1-5-34-25(32)29-12-10-16(11-13-29)19-14-20(24(31)33-4)27-23-21(19)22(15(2)3)28-30(23)18-8-6-17(26)7-9-18/h6-9,14-16H,5,10-13H2,1-4H3. The van der Waals surface area contributed by atoms with Crippen LogP contribution in [0.5, 0.6) is 0 Å². The van der Waals surface area contributed by atoms with Gasteiger partial charge in [0.1, 0.15) is 5.82 Å². The zero-order valence-corrected chi connectivity index (χ0v) is 19.9. The number of pyridine rings is 1. The Labute approximate surface area is 197 Å². The summed E-state index contributed by atoms with van der Waals surface area (Å²) >= 11 is 0. The van der Waals surface area contributed by atoms with Gasteiger partial charge < -0.3 is 14.4 Å². The minimum atomic E-state index is -0.537. The lowest BCUT2D eigenvalue weighted by atomic mass is 9.86. The topological polar surface area (TPSA) is 86.6 Å². The third-order valence-electron chi connectivity index (χ3n) is 6.17. The number of nitrogens with zero attached hydrogens (tertiary/aromatic N) is 4. The van der Waals surface area contributed by atoms with E-state index in [0.717, 1.165) is 29.5 Å². The molecule has 1 saturated heterocycles. The van der Waals surface area contributed by atoms with Gasteiger partial charge in [0, 0.05) is 18.5 Å². The fourth-order valence-electron chi connectivity index (χ4n) is 4.46. The zero-order chi connectivity index (χ0) is 24.4. The molecule has 8 nitrogen and oxygen atoms in total. The molecule has 1 aromatic carbocycles. The molecule has 0 spiro atoms. The number of piperidine rings is 1. The average Bonchev–Trinajstić information content (AvgIpc) is 3.23. The van der Waals surface area contributed by atoms with E-state index in [4.69, 9.17) is 14.6 Å². The molecule has 0 radical (unpaired) electrons. The highest BCUT2D eigenvalue weighted by molar-refractivity contribution is 5.93. The summed E-state index contributed by atoms with van der Waals surface area (Å²) in [5.74, 6) is -0.692. The van der Waals surface area contributed by atoms with E-state index in [0.29, 0.717) is 31.0 Å². The fraction of sp³-hybridized carbons (Fsp3) is 0.440. The van der Waals surface area contributed by atoms with Crippen LogP contribution in [0.3, 0.4) is 0 Å². The number of hydrogen-bond donors (Lipinski definition) is 0. The van der Waals surface area contributed by atoms with Gasteiger partial charge in [-0.3, -0.25) is 0 Å². The molecule has 34 heavy (non-hydrogen) atoms. The maximum atomic E-state index is 13.6. The number of benzene rings is 1. The highest BCUT2D eigenvalue weighted by Gasteiger charge is 2.30. The van der Waals surface area contributed by atoms with Crippen LogP contribution in [0.15, 0.2) is 30.3 Å². The maximum absolute atomic E-state index is 13.6. The lowest BCUT2D eigenvalue weighted by molar-refractivity contribution is 0.0594. The Kier molecular flexibility index (Phi) is 6.81. The van der Waals surface area contributed by atoms with E-state index in [9.17, 15) is 14.0 Å². The molecule has 1 aliphatic heterocycles. The Bertz CT molecular complexity index is 1200. The predicted molar refractivity (Wildman–Crippen MR) is 125 cm³/mol. The van der Waals surface area contributed by atoms with Crippen LogP contribution in [-0.4, -0.2) is 58.5 Å². The van der Waals surface area contributed by atoms with Crippen LogP contribution in [0.4, 0.5) is 9.18 Å². The van der Waals surface area contributed by atoms with E-state index in [2.05, 4.69) is 18.8 Å². The number of carbonyl (C=O) groups is 2. The molecular weight excluding hydrogens is 439 g/mol. The van der Waals surface area contributed by atoms with Gasteiger partial charge in [-0.05, 0) is 67.5 Å². The zero-order valence-electron chi connectivity index (χ0n) is 19.9. The van der Waals surface area contributed by atoms with Gasteiger partial charge in [-0.1, -0.05) is 13.8 Å². The molecule has 9 heteroatoms. The van der Waals surface area contributed by atoms with E-state index in [-0.39, 0.29) is 29.4 Å². The summed E-state index contributed by atoms with van der Waals surface area (Å²) in [5, 5.41) is 5.72. The van der Waals surface area contributed by atoms with E-state index in [1.54, 1.807) is 34.7 Å². The van der Waals surface area contributed by atoms with Crippen LogP contribution in [0.1, 0.15) is 67.2 Å². The Morgan fingerprint density at radius 3 is 2.44 bits per heavy atom. The van der Waals surface area contributed by atoms with Crippen LogP contribution < -0.4 is 0 Å². The maximum Gasteiger partial charge on any atom is 0.409 e. The van der Waals surface area contributed by atoms with Crippen molar-refractivity contribution in [3.63, 3.8) is 0 Å². The molecule has 0 unspecified atom stereocenters. The quantitative estimate of drug-likeness (QED) is 0.500. The Hall–Kier alpha value is -3.49. The lowest BCUT2D eigenvalue weighted by Gasteiger charge is -2.32. The largest absolute Gasteiger partial charge is 0.464 e. The number of rotatable bonds is 5. The first-order valence-corrected chi connectivity index (χ1v) is 11.5. The molecule has 1 fully saturated rings. The molecule has 180 valence electrons. The number of ether oxygens (including phenoxy) is 2. The lowest BCUT2D eigenvalue weighted by Crippen LogP contribution is -2.38. The SMILES string of the molecule is CCOC(=O)N1CCC(c2cc(C(=O)OC)nc3c2c(C(C)C)nn3-c2ccc(F)cc2)CC1. The number of amides is 1. The van der Waals surface area contributed by atoms with E-state index in [1.807, 2.05) is 0 Å². The van der Waals surface area contributed by atoms with Crippen LogP contribution in [0.25, 0.3) is 16.7 Å². The Balaban J connectivity index is 1.84. The minimum absolute atomic E-state index is 0.0911. The number of hydrogen-bond acceptors (Lipinski definition) is 6. The number of halogens is 1. The summed E-state index contributed by atoms with van der Waals surface area (Å²) in [6.07, 6.45) is 1.14. The molecule has 1 amide bonds. The van der Waals surface area contributed by atoms with Gasteiger partial charge in [0.25, 0.3) is 0 Å². The number of esters is 1. The van der Waals surface area contributed by atoms with Crippen LogP contribution in [0, 0.1) is 5.82 Å². The summed E-state index contributed by atoms with van der Waals surface area (Å²) in [6, 6.07) is 7.80. The second-order valence-electron chi connectivity index (χ2n) is 8.68. The average molecular weight is 469 g/mol. The van der Waals surface area contributed by atoms with Gasteiger partial charge in [-0.25, -0.2) is 23.6 Å². The smallest absolute Gasteiger partial charge is 0.409 e. The van der Waals surface area contributed by atoms with Crippen molar-refractivity contribution in [1.29, 1.82) is 0 Å². The molecule has 0 atom stereocenters. The number of carbonyl (C=O) groups excluding carboxylic acids is 2. The van der Waals surface area contributed by atoms with Crippen molar-refractivity contribution in [3.05, 3.63) is 53.1 Å². The van der Waals surface area contributed by atoms with Crippen LogP contribution >= 0.6 is 0 Å². The number of aromatic nitrogens is 3. The van der Waals surface area contributed by atoms with Crippen molar-refractivity contribution < 1.29 is 23.5 Å². The molecule has 4 rings (SSSR count). The van der Waals surface area contributed by atoms with Gasteiger partial charge in [-0.15, -0.1) is 0 Å². The summed E-state index contributed by atoms with van der Waals surface area (Å²) < 4.78 is 25.3. The summed E-state index contributed by atoms with van der Waals surface area (Å²) in [5.41, 5.74) is 3.19. The van der Waals surface area contributed by atoms with Crippen molar-refractivity contribution in [3.8, 4) is 5.69 Å². The van der Waals surface area contributed by atoms with Crippen molar-refractivity contribution in [1.82, 2.24) is 19.7 Å². The van der Waals surface area contributed by atoms with Gasteiger partial charge in [0.05, 0.1) is 25.1 Å². The van der Waals surface area contributed by atoms with Gasteiger partial charge in [0.2, 0.25) is 0 Å². The van der Waals surface area contributed by atoms with Gasteiger partial charge >= 0.3 is 12.1 Å². The monoisotopic (exact) mass is 468 g/mol. The third-order valence-corrected chi connectivity index (χ3v) is 6.17. The van der Waals surface area contributed by atoms with Gasteiger partial charge in [-0.2, -0.15) is 5.10 Å². The summed E-state index contributed by atoms with van der Waals surface area (Å²) in [4.78, 5) is 31.0. The normalized spacial score (nSPS) is 14.6. The first-order chi connectivity index (χ1) is 16.3. The summed E-state index contributed by atoms with van der Waals surface area (Å²) in [6.45, 7) is 7.36. The number of fused-ring (bicyclic) bond motifs is 1. The Morgan fingerprint density at radius 2 is 1.85 bits per heavy atom. The second kappa shape index (κ2) is 9.79. The molecule has 3 heterocycles. The van der Waals surface area contributed by atoms with E-state index >= 15 is 0 Å². The van der Waals surface area contributed by atoms with Crippen molar-refractivity contribution in [2.75, 3.05) is 26.8 Å². The van der Waals surface area contributed by atoms with Crippen molar-refractivity contribution >= 4 is 23.1 Å².